The Hall–Kier alpha value is -2.24. The largest absolute Gasteiger partial charge is 0.508 e. The molecule has 0 fully saturated rings. The monoisotopic (exact) mass is 253 g/mol. The zero-order valence-corrected chi connectivity index (χ0v) is 10.1. The molecule has 1 aromatic rings. The molecular weight excluding hydrogens is 238 g/mol. The summed E-state index contributed by atoms with van der Waals surface area (Å²) in [5, 5.41) is 20.5. The predicted octanol–water partition coefficient (Wildman–Crippen LogP) is 1.45. The van der Waals surface area contributed by atoms with Gasteiger partial charge in [-0.3, -0.25) is 4.79 Å². The second kappa shape index (κ2) is 5.90. The summed E-state index contributed by atoms with van der Waals surface area (Å²) in [6.45, 7) is 3.07. The van der Waals surface area contributed by atoms with Gasteiger partial charge in [-0.1, -0.05) is 0 Å². The fourth-order valence-electron chi connectivity index (χ4n) is 1.30. The van der Waals surface area contributed by atoms with Crippen molar-refractivity contribution in [1.29, 1.82) is 0 Å². The number of ether oxygens (including phenoxy) is 1. The Labute approximate surface area is 104 Å². The van der Waals surface area contributed by atoms with Gasteiger partial charge in [-0.05, 0) is 32.0 Å². The molecule has 0 aromatic heterocycles. The van der Waals surface area contributed by atoms with Crippen molar-refractivity contribution in [2.45, 2.75) is 20.0 Å². The molecule has 0 saturated carbocycles. The number of phenolic OH excluding ortho intramolecular Hbond substituents is 1. The summed E-state index contributed by atoms with van der Waals surface area (Å²) in [5.41, 5.74) is 0.408. The first-order valence-corrected chi connectivity index (χ1v) is 5.40. The number of esters is 1. The maximum Gasteiger partial charge on any atom is 0.340 e. The zero-order chi connectivity index (χ0) is 13.7. The van der Waals surface area contributed by atoms with E-state index in [1.54, 1.807) is 13.8 Å². The van der Waals surface area contributed by atoms with Gasteiger partial charge in [0.05, 0.1) is 11.7 Å². The highest BCUT2D eigenvalue weighted by molar-refractivity contribution is 5.96. The van der Waals surface area contributed by atoms with E-state index in [-0.39, 0.29) is 24.0 Å². The third-order valence-corrected chi connectivity index (χ3v) is 2.00. The number of carbonyl (C=O) groups excluding carboxylic acids is 1. The minimum atomic E-state index is -1.05. The van der Waals surface area contributed by atoms with Crippen molar-refractivity contribution in [3.05, 3.63) is 23.8 Å². The molecule has 0 saturated heterocycles. The minimum absolute atomic E-state index is 0.0911. The SMILES string of the molecule is CC(C)OC(=O)c1cc(O)ccc1NCC(=O)O. The van der Waals surface area contributed by atoms with Crippen LogP contribution in [0.2, 0.25) is 0 Å². The molecule has 6 heteroatoms. The third-order valence-electron chi connectivity index (χ3n) is 2.00. The van der Waals surface area contributed by atoms with Gasteiger partial charge in [0.1, 0.15) is 12.3 Å². The molecule has 0 aliphatic carbocycles. The normalized spacial score (nSPS) is 10.2. The van der Waals surface area contributed by atoms with Crippen LogP contribution >= 0.6 is 0 Å². The van der Waals surface area contributed by atoms with E-state index in [1.165, 1.54) is 18.2 Å². The van der Waals surface area contributed by atoms with Crippen LogP contribution in [0, 0.1) is 0 Å². The number of rotatable bonds is 5. The van der Waals surface area contributed by atoms with Gasteiger partial charge in [-0.15, -0.1) is 0 Å². The van der Waals surface area contributed by atoms with Crippen molar-refractivity contribution in [3.63, 3.8) is 0 Å². The van der Waals surface area contributed by atoms with Gasteiger partial charge in [0, 0.05) is 5.69 Å². The summed E-state index contributed by atoms with van der Waals surface area (Å²) in [4.78, 5) is 22.2. The van der Waals surface area contributed by atoms with E-state index in [4.69, 9.17) is 9.84 Å². The molecule has 0 radical (unpaired) electrons. The van der Waals surface area contributed by atoms with Crippen LogP contribution < -0.4 is 5.32 Å². The fraction of sp³-hybridized carbons (Fsp3) is 0.333. The summed E-state index contributed by atoms with van der Waals surface area (Å²) < 4.78 is 5.00. The molecule has 0 aliphatic rings. The van der Waals surface area contributed by atoms with Crippen molar-refractivity contribution in [1.82, 2.24) is 0 Å². The highest BCUT2D eigenvalue weighted by atomic mass is 16.5. The Morgan fingerprint density at radius 3 is 2.61 bits per heavy atom. The first kappa shape index (κ1) is 13.8. The second-order valence-electron chi connectivity index (χ2n) is 3.93. The molecule has 3 N–H and O–H groups in total. The first-order valence-electron chi connectivity index (χ1n) is 5.40. The molecule has 1 aromatic carbocycles. The molecule has 0 bridgehead atoms. The van der Waals surface area contributed by atoms with E-state index in [0.29, 0.717) is 5.69 Å². The number of hydrogen-bond acceptors (Lipinski definition) is 5. The zero-order valence-electron chi connectivity index (χ0n) is 10.1. The smallest absolute Gasteiger partial charge is 0.340 e. The Kier molecular flexibility index (Phi) is 4.53. The Morgan fingerprint density at radius 2 is 2.06 bits per heavy atom. The maximum atomic E-state index is 11.8. The number of phenols is 1. The number of aliphatic carboxylic acids is 1. The number of carboxylic acids is 1. The van der Waals surface area contributed by atoms with E-state index in [2.05, 4.69) is 5.32 Å². The molecule has 0 atom stereocenters. The summed E-state index contributed by atoms with van der Waals surface area (Å²) >= 11 is 0. The lowest BCUT2D eigenvalue weighted by Gasteiger charge is -2.12. The van der Waals surface area contributed by atoms with Crippen LogP contribution in [0.1, 0.15) is 24.2 Å². The minimum Gasteiger partial charge on any atom is -0.508 e. The molecule has 0 aliphatic heterocycles. The molecule has 0 spiro atoms. The lowest BCUT2D eigenvalue weighted by atomic mass is 10.1. The average Bonchev–Trinajstić information content (AvgIpc) is 2.26. The molecular formula is C12H15NO5. The molecule has 0 heterocycles. The maximum absolute atomic E-state index is 11.8. The van der Waals surface area contributed by atoms with Gasteiger partial charge in [0.25, 0.3) is 0 Å². The summed E-state index contributed by atoms with van der Waals surface area (Å²) in [6, 6.07) is 4.01. The number of carbonyl (C=O) groups is 2. The standard InChI is InChI=1S/C12H15NO5/c1-7(2)18-12(17)9-5-8(14)3-4-10(9)13-6-11(15)16/h3-5,7,13-14H,6H2,1-2H3,(H,15,16). The van der Waals surface area contributed by atoms with Crippen LogP contribution in [0.5, 0.6) is 5.75 Å². The van der Waals surface area contributed by atoms with E-state index in [1.807, 2.05) is 0 Å². The van der Waals surface area contributed by atoms with Crippen molar-refractivity contribution < 1.29 is 24.5 Å². The van der Waals surface area contributed by atoms with Crippen LogP contribution in [0.3, 0.4) is 0 Å². The highest BCUT2D eigenvalue weighted by Crippen LogP contribution is 2.22. The van der Waals surface area contributed by atoms with E-state index >= 15 is 0 Å². The summed E-state index contributed by atoms with van der Waals surface area (Å²) in [7, 11) is 0. The van der Waals surface area contributed by atoms with Gasteiger partial charge in [-0.2, -0.15) is 0 Å². The van der Waals surface area contributed by atoms with Crippen molar-refractivity contribution in [2.75, 3.05) is 11.9 Å². The number of benzene rings is 1. The number of nitrogens with one attached hydrogen (secondary N) is 1. The molecule has 1 rings (SSSR count). The van der Waals surface area contributed by atoms with E-state index < -0.39 is 11.9 Å². The fourth-order valence-corrected chi connectivity index (χ4v) is 1.30. The molecule has 0 unspecified atom stereocenters. The van der Waals surface area contributed by atoms with Gasteiger partial charge >= 0.3 is 11.9 Å². The van der Waals surface area contributed by atoms with Crippen LogP contribution in [-0.2, 0) is 9.53 Å². The van der Waals surface area contributed by atoms with E-state index in [0.717, 1.165) is 0 Å². The first-order chi connectivity index (χ1) is 8.40. The molecule has 18 heavy (non-hydrogen) atoms. The average molecular weight is 253 g/mol. The topological polar surface area (TPSA) is 95.9 Å². The van der Waals surface area contributed by atoms with Crippen LogP contribution in [-0.4, -0.2) is 34.8 Å². The van der Waals surface area contributed by atoms with Crippen LogP contribution in [0.15, 0.2) is 18.2 Å². The predicted molar refractivity (Wildman–Crippen MR) is 64.8 cm³/mol. The van der Waals surface area contributed by atoms with Crippen LogP contribution in [0.4, 0.5) is 5.69 Å². The molecule has 0 amide bonds. The van der Waals surface area contributed by atoms with Crippen molar-refractivity contribution in [3.8, 4) is 5.75 Å². The second-order valence-corrected chi connectivity index (χ2v) is 3.93. The Balaban J connectivity index is 2.95. The number of hydrogen-bond donors (Lipinski definition) is 3. The summed E-state index contributed by atoms with van der Waals surface area (Å²) in [5.74, 6) is -1.76. The third kappa shape index (κ3) is 3.97. The van der Waals surface area contributed by atoms with E-state index in [9.17, 15) is 14.7 Å². The van der Waals surface area contributed by atoms with Gasteiger partial charge in [0.2, 0.25) is 0 Å². The highest BCUT2D eigenvalue weighted by Gasteiger charge is 2.15. The quantitative estimate of drug-likeness (QED) is 0.543. The lowest BCUT2D eigenvalue weighted by Crippen LogP contribution is -2.17. The lowest BCUT2D eigenvalue weighted by molar-refractivity contribution is -0.134. The van der Waals surface area contributed by atoms with Gasteiger partial charge in [0.15, 0.2) is 0 Å². The van der Waals surface area contributed by atoms with Gasteiger partial charge in [-0.25, -0.2) is 4.79 Å². The Bertz CT molecular complexity index is 456. The van der Waals surface area contributed by atoms with Crippen molar-refractivity contribution in [2.24, 2.45) is 0 Å². The Morgan fingerprint density at radius 1 is 1.39 bits per heavy atom. The molecule has 6 nitrogen and oxygen atoms in total. The number of carboxylic acid groups (broad SMARTS) is 1. The molecule has 98 valence electrons. The van der Waals surface area contributed by atoms with Crippen LogP contribution in [0.25, 0.3) is 0 Å². The number of aromatic hydroxyl groups is 1. The summed E-state index contributed by atoms with van der Waals surface area (Å²) in [6.07, 6.45) is -0.299. The van der Waals surface area contributed by atoms with Gasteiger partial charge < -0.3 is 20.3 Å². The van der Waals surface area contributed by atoms with Crippen molar-refractivity contribution >= 4 is 17.6 Å². The number of anilines is 1.